The lowest BCUT2D eigenvalue weighted by Gasteiger charge is -2.15. The van der Waals surface area contributed by atoms with Gasteiger partial charge in [0.15, 0.2) is 5.69 Å². The number of methoxy groups -OCH3 is 1. The first-order valence-corrected chi connectivity index (χ1v) is 6.32. The minimum atomic E-state index is -4.60. The van der Waals surface area contributed by atoms with E-state index in [0.29, 0.717) is 13.0 Å². The molecule has 1 rings (SSSR count). The molecule has 0 aliphatic carbocycles. The Bertz CT molecular complexity index is 494. The fourth-order valence-corrected chi connectivity index (χ4v) is 1.44. The third-order valence-electron chi connectivity index (χ3n) is 2.47. The lowest BCUT2D eigenvalue weighted by molar-refractivity contribution is -0.141. The Kier molecular flexibility index (Phi) is 5.74. The smallest absolute Gasteiger partial charge is 0.433 e. The fourth-order valence-electron chi connectivity index (χ4n) is 1.44. The second kappa shape index (κ2) is 7.09. The molecule has 9 heteroatoms. The lowest BCUT2D eigenvalue weighted by atomic mass is 10.3. The lowest BCUT2D eigenvalue weighted by Crippen LogP contribution is -2.28. The predicted molar refractivity (Wildman–Crippen MR) is 70.9 cm³/mol. The minimum Gasteiger partial charge on any atom is -0.467 e. The van der Waals surface area contributed by atoms with E-state index >= 15 is 0 Å². The van der Waals surface area contributed by atoms with Crippen LogP contribution in [0, 0.1) is 0 Å². The van der Waals surface area contributed by atoms with Crippen LogP contribution in [0.3, 0.4) is 0 Å². The maximum absolute atomic E-state index is 12.8. The monoisotopic (exact) mass is 306 g/mol. The van der Waals surface area contributed by atoms with Crippen LogP contribution in [0.2, 0.25) is 0 Å². The second-order valence-corrected chi connectivity index (χ2v) is 4.28. The van der Waals surface area contributed by atoms with Gasteiger partial charge in [-0.15, -0.1) is 0 Å². The molecule has 1 heterocycles. The van der Waals surface area contributed by atoms with Crippen LogP contribution in [0.25, 0.3) is 0 Å². The molecule has 0 aliphatic rings. The number of nitrogens with one attached hydrogen (secondary N) is 2. The summed E-state index contributed by atoms with van der Waals surface area (Å²) in [6.07, 6.45) is -3.89. The summed E-state index contributed by atoms with van der Waals surface area (Å²) in [4.78, 5) is 18.6. The van der Waals surface area contributed by atoms with E-state index in [1.165, 1.54) is 14.0 Å². The third-order valence-corrected chi connectivity index (χ3v) is 2.47. The molecular weight excluding hydrogens is 289 g/mol. The summed E-state index contributed by atoms with van der Waals surface area (Å²) in [5.74, 6) is -0.856. The molecule has 1 aromatic rings. The number of alkyl halides is 3. The average molecular weight is 306 g/mol. The highest BCUT2D eigenvalue weighted by Gasteiger charge is 2.34. The number of halogens is 3. The van der Waals surface area contributed by atoms with E-state index in [2.05, 4.69) is 25.3 Å². The van der Waals surface area contributed by atoms with Gasteiger partial charge in [-0.05, 0) is 13.3 Å². The number of aromatic nitrogens is 2. The molecule has 118 valence electrons. The van der Waals surface area contributed by atoms with Crippen molar-refractivity contribution in [3.8, 4) is 0 Å². The number of nitrogens with zero attached hydrogens (tertiary/aromatic N) is 2. The number of carbonyl (C=O) groups is 1. The summed E-state index contributed by atoms with van der Waals surface area (Å²) in [7, 11) is 1.19. The maximum atomic E-state index is 12.8. The number of hydrogen-bond acceptors (Lipinski definition) is 6. The Morgan fingerprint density at radius 3 is 2.62 bits per heavy atom. The Labute approximate surface area is 120 Å². The van der Waals surface area contributed by atoms with Crippen molar-refractivity contribution in [1.29, 1.82) is 0 Å². The van der Waals surface area contributed by atoms with E-state index in [4.69, 9.17) is 0 Å². The molecule has 6 nitrogen and oxygen atoms in total. The van der Waals surface area contributed by atoms with Crippen molar-refractivity contribution >= 4 is 17.7 Å². The molecule has 0 spiro atoms. The first kappa shape index (κ1) is 17.0. The van der Waals surface area contributed by atoms with Crippen molar-refractivity contribution in [3.05, 3.63) is 11.8 Å². The average Bonchev–Trinajstić information content (AvgIpc) is 2.42. The van der Waals surface area contributed by atoms with Crippen LogP contribution >= 0.6 is 0 Å². The van der Waals surface area contributed by atoms with Crippen molar-refractivity contribution in [3.63, 3.8) is 0 Å². The van der Waals surface area contributed by atoms with Crippen molar-refractivity contribution in [1.82, 2.24) is 9.97 Å². The molecule has 1 unspecified atom stereocenters. The molecule has 0 saturated carbocycles. The summed E-state index contributed by atoms with van der Waals surface area (Å²) in [5.41, 5.74) is -1.09. The van der Waals surface area contributed by atoms with Gasteiger partial charge in [0.05, 0.1) is 7.11 Å². The topological polar surface area (TPSA) is 76.1 Å². The number of anilines is 2. The Hall–Kier alpha value is -2.06. The highest BCUT2D eigenvalue weighted by atomic mass is 19.4. The summed E-state index contributed by atoms with van der Waals surface area (Å²) in [5, 5.41) is 5.24. The first-order valence-electron chi connectivity index (χ1n) is 6.32. The van der Waals surface area contributed by atoms with Crippen LogP contribution in [0.5, 0.6) is 0 Å². The van der Waals surface area contributed by atoms with E-state index in [-0.39, 0.29) is 11.8 Å². The SMILES string of the molecule is CCCNc1nc(NC(C)C(=O)OC)cc(C(F)(F)F)n1. The predicted octanol–water partition coefficient (Wildman–Crippen LogP) is 2.29. The zero-order valence-electron chi connectivity index (χ0n) is 11.9. The van der Waals surface area contributed by atoms with Gasteiger partial charge >= 0.3 is 12.1 Å². The molecule has 2 N–H and O–H groups in total. The Morgan fingerprint density at radius 1 is 1.43 bits per heavy atom. The highest BCUT2D eigenvalue weighted by molar-refractivity contribution is 5.78. The van der Waals surface area contributed by atoms with Crippen LogP contribution in [0.4, 0.5) is 24.9 Å². The van der Waals surface area contributed by atoms with Gasteiger partial charge < -0.3 is 15.4 Å². The number of carbonyl (C=O) groups excluding carboxylic acids is 1. The standard InChI is InChI=1S/C12H17F3N4O2/c1-4-5-16-11-18-8(12(13,14)15)6-9(19-11)17-7(2)10(20)21-3/h6-7H,4-5H2,1-3H3,(H2,16,17,18,19). The van der Waals surface area contributed by atoms with Gasteiger partial charge in [0.25, 0.3) is 0 Å². The van der Waals surface area contributed by atoms with Gasteiger partial charge in [0.1, 0.15) is 11.9 Å². The van der Waals surface area contributed by atoms with Gasteiger partial charge in [-0.25, -0.2) is 9.78 Å². The normalized spacial score (nSPS) is 12.7. The van der Waals surface area contributed by atoms with Crippen LogP contribution < -0.4 is 10.6 Å². The van der Waals surface area contributed by atoms with Crippen LogP contribution in [0.1, 0.15) is 26.0 Å². The maximum Gasteiger partial charge on any atom is 0.433 e. The van der Waals surface area contributed by atoms with Crippen LogP contribution in [-0.4, -0.2) is 35.6 Å². The molecular formula is C12H17F3N4O2. The molecule has 0 fully saturated rings. The van der Waals surface area contributed by atoms with E-state index in [1.807, 2.05) is 6.92 Å². The van der Waals surface area contributed by atoms with E-state index in [9.17, 15) is 18.0 Å². The largest absolute Gasteiger partial charge is 0.467 e. The van der Waals surface area contributed by atoms with Crippen molar-refractivity contribution < 1.29 is 22.7 Å². The van der Waals surface area contributed by atoms with Gasteiger partial charge in [-0.2, -0.15) is 18.2 Å². The molecule has 1 atom stereocenters. The molecule has 0 amide bonds. The van der Waals surface area contributed by atoms with Crippen molar-refractivity contribution in [2.24, 2.45) is 0 Å². The van der Waals surface area contributed by atoms with E-state index in [0.717, 1.165) is 6.07 Å². The van der Waals surface area contributed by atoms with E-state index < -0.39 is 23.9 Å². The zero-order valence-corrected chi connectivity index (χ0v) is 11.9. The van der Waals surface area contributed by atoms with Gasteiger partial charge in [0.2, 0.25) is 5.95 Å². The van der Waals surface area contributed by atoms with Crippen molar-refractivity contribution in [2.75, 3.05) is 24.3 Å². The first-order chi connectivity index (χ1) is 9.77. The Balaban J connectivity index is 3.04. The van der Waals surface area contributed by atoms with Crippen LogP contribution in [-0.2, 0) is 15.7 Å². The summed E-state index contributed by atoms with van der Waals surface area (Å²) in [6, 6.07) is -0.0821. The van der Waals surface area contributed by atoms with E-state index in [1.54, 1.807) is 0 Å². The fraction of sp³-hybridized carbons (Fsp3) is 0.583. The van der Waals surface area contributed by atoms with Gasteiger partial charge in [0, 0.05) is 12.6 Å². The number of hydrogen-bond donors (Lipinski definition) is 2. The molecule has 0 radical (unpaired) electrons. The molecule has 0 aliphatic heterocycles. The van der Waals surface area contributed by atoms with Crippen LogP contribution in [0.15, 0.2) is 6.07 Å². The van der Waals surface area contributed by atoms with Gasteiger partial charge in [-0.1, -0.05) is 6.92 Å². The molecule has 0 bridgehead atoms. The minimum absolute atomic E-state index is 0.103. The number of ether oxygens (including phenoxy) is 1. The highest BCUT2D eigenvalue weighted by Crippen LogP contribution is 2.29. The summed E-state index contributed by atoms with van der Waals surface area (Å²) in [6.45, 7) is 3.76. The Morgan fingerprint density at radius 2 is 2.10 bits per heavy atom. The second-order valence-electron chi connectivity index (χ2n) is 4.28. The number of esters is 1. The zero-order chi connectivity index (χ0) is 16.0. The van der Waals surface area contributed by atoms with Crippen molar-refractivity contribution in [2.45, 2.75) is 32.5 Å². The van der Waals surface area contributed by atoms with Gasteiger partial charge in [-0.3, -0.25) is 0 Å². The molecule has 0 saturated heterocycles. The summed E-state index contributed by atoms with van der Waals surface area (Å²) >= 11 is 0. The quantitative estimate of drug-likeness (QED) is 0.785. The molecule has 21 heavy (non-hydrogen) atoms. The molecule has 1 aromatic heterocycles. The summed E-state index contributed by atoms with van der Waals surface area (Å²) < 4.78 is 42.9. The molecule has 0 aromatic carbocycles. The third kappa shape index (κ3) is 5.09. The number of rotatable bonds is 6.